The van der Waals surface area contributed by atoms with Crippen molar-refractivity contribution in [3.05, 3.63) is 52.0 Å². The van der Waals surface area contributed by atoms with E-state index in [-0.39, 0.29) is 36.2 Å². The minimum atomic E-state index is -1.87. The van der Waals surface area contributed by atoms with Crippen LogP contribution in [0.2, 0.25) is 0 Å². The lowest BCUT2D eigenvalue weighted by atomic mass is 9.59. The van der Waals surface area contributed by atoms with E-state index in [0.717, 1.165) is 0 Å². The predicted octanol–water partition coefficient (Wildman–Crippen LogP) is 2.94. The smallest absolute Gasteiger partial charge is 0.334 e. The molecule has 0 amide bonds. The molecule has 0 bridgehead atoms. The van der Waals surface area contributed by atoms with Gasteiger partial charge in [0.2, 0.25) is 24.1 Å². The zero-order chi connectivity index (χ0) is 29.1. The van der Waals surface area contributed by atoms with E-state index >= 15 is 0 Å². The Morgan fingerprint density at radius 1 is 1.10 bits per heavy atom. The highest BCUT2D eigenvalue weighted by Crippen LogP contribution is 2.62. The van der Waals surface area contributed by atoms with Crippen LogP contribution in [0.4, 0.5) is 0 Å². The zero-order valence-electron chi connectivity index (χ0n) is 23.4. The van der Waals surface area contributed by atoms with Crippen molar-refractivity contribution in [2.45, 2.75) is 57.8 Å². The first-order valence-electron chi connectivity index (χ1n) is 12.9. The zero-order valence-corrected chi connectivity index (χ0v) is 23.4. The van der Waals surface area contributed by atoms with Crippen LogP contribution in [0.3, 0.4) is 0 Å². The van der Waals surface area contributed by atoms with Crippen LogP contribution < -0.4 is 14.2 Å². The van der Waals surface area contributed by atoms with Gasteiger partial charge < -0.3 is 38.3 Å². The molecule has 0 fully saturated rings. The normalized spacial score (nSPS) is 30.3. The van der Waals surface area contributed by atoms with Crippen molar-refractivity contribution in [3.8, 4) is 17.2 Å². The molecule has 0 saturated heterocycles. The van der Waals surface area contributed by atoms with Gasteiger partial charge >= 0.3 is 11.9 Å². The molecule has 0 aromatic heterocycles. The number of hydrogen-bond donors (Lipinski definition) is 1. The largest absolute Gasteiger partial charge is 0.493 e. The van der Waals surface area contributed by atoms with E-state index in [4.69, 9.17) is 33.2 Å². The van der Waals surface area contributed by atoms with Crippen molar-refractivity contribution in [1.82, 2.24) is 0 Å². The van der Waals surface area contributed by atoms with Crippen molar-refractivity contribution >= 4 is 17.7 Å². The molecule has 5 rings (SSSR count). The van der Waals surface area contributed by atoms with E-state index in [1.54, 1.807) is 39.0 Å². The minimum absolute atomic E-state index is 0.0797. The average molecular weight is 557 g/mol. The summed E-state index contributed by atoms with van der Waals surface area (Å²) in [5, 5.41) is 12.2. The second-order valence-corrected chi connectivity index (χ2v) is 10.4. The van der Waals surface area contributed by atoms with Crippen LogP contribution in [-0.2, 0) is 38.7 Å². The van der Waals surface area contributed by atoms with Crippen molar-refractivity contribution in [1.29, 1.82) is 0 Å². The fourth-order valence-electron chi connectivity index (χ4n) is 5.88. The molecular weight excluding hydrogens is 524 g/mol. The number of hydrogen-bond acceptors (Lipinski definition) is 11. The molecule has 4 aliphatic rings. The first kappa shape index (κ1) is 27.6. The Kier molecular flexibility index (Phi) is 6.60. The molecule has 11 heteroatoms. The lowest BCUT2D eigenvalue weighted by Gasteiger charge is -2.48. The Morgan fingerprint density at radius 2 is 1.82 bits per heavy atom. The summed E-state index contributed by atoms with van der Waals surface area (Å²) in [5.41, 5.74) is -2.25. The van der Waals surface area contributed by atoms with Crippen molar-refractivity contribution in [2.75, 3.05) is 27.6 Å². The fourth-order valence-corrected chi connectivity index (χ4v) is 5.88. The number of ether oxygens (including phenoxy) is 7. The SMILES string of the molecule is C/C=C(/C)C(=O)O[C@H]1C2=CC(OC)=C(OC)C(=O)C23COc2c4c(cc(c23)[C@H](OC(C)=O)[C@H](C)[C@]1(C)O)OCO4. The maximum atomic E-state index is 14.5. The summed E-state index contributed by atoms with van der Waals surface area (Å²) in [4.78, 5) is 40.1. The van der Waals surface area contributed by atoms with Crippen molar-refractivity contribution in [3.63, 3.8) is 0 Å². The Hall–Kier alpha value is -3.99. The Balaban J connectivity index is 1.90. The number of fused-ring (bicyclic) bond motifs is 2. The van der Waals surface area contributed by atoms with Gasteiger partial charge in [-0.1, -0.05) is 13.0 Å². The van der Waals surface area contributed by atoms with Gasteiger partial charge in [0.25, 0.3) is 0 Å². The molecule has 2 aliphatic carbocycles. The van der Waals surface area contributed by atoms with Crippen LogP contribution in [0, 0.1) is 5.92 Å². The Labute approximate surface area is 231 Å². The maximum Gasteiger partial charge on any atom is 0.334 e. The van der Waals surface area contributed by atoms with Gasteiger partial charge in [-0.05, 0) is 38.5 Å². The first-order valence-corrected chi connectivity index (χ1v) is 12.9. The topological polar surface area (TPSA) is 136 Å². The molecule has 1 unspecified atom stereocenters. The van der Waals surface area contributed by atoms with E-state index < -0.39 is 46.9 Å². The van der Waals surface area contributed by atoms with Gasteiger partial charge in [0, 0.05) is 29.5 Å². The highest BCUT2D eigenvalue weighted by atomic mass is 16.7. The van der Waals surface area contributed by atoms with Gasteiger partial charge in [-0.15, -0.1) is 0 Å². The van der Waals surface area contributed by atoms with Crippen molar-refractivity contribution < 1.29 is 52.6 Å². The molecule has 2 aliphatic heterocycles. The molecule has 11 nitrogen and oxygen atoms in total. The third-order valence-electron chi connectivity index (χ3n) is 8.30. The summed E-state index contributed by atoms with van der Waals surface area (Å²) < 4.78 is 40.4. The average Bonchev–Trinajstić information content (AvgIpc) is 3.55. The maximum absolute atomic E-state index is 14.5. The fraction of sp³-hybridized carbons (Fsp3) is 0.483. The summed E-state index contributed by atoms with van der Waals surface area (Å²) in [7, 11) is 2.72. The number of allylic oxidation sites excluding steroid dienone is 3. The number of methoxy groups -OCH3 is 2. The molecule has 2 heterocycles. The van der Waals surface area contributed by atoms with Crippen LogP contribution in [0.15, 0.2) is 40.9 Å². The predicted molar refractivity (Wildman–Crippen MR) is 137 cm³/mol. The van der Waals surface area contributed by atoms with E-state index in [1.807, 2.05) is 0 Å². The quantitative estimate of drug-likeness (QED) is 0.423. The van der Waals surface area contributed by atoms with Crippen LogP contribution in [-0.4, -0.2) is 62.2 Å². The molecular formula is C29H32O11. The summed E-state index contributed by atoms with van der Waals surface area (Å²) in [5.74, 6) is -1.84. The van der Waals surface area contributed by atoms with Crippen LogP contribution in [0.25, 0.3) is 0 Å². The number of aliphatic hydroxyl groups is 1. The van der Waals surface area contributed by atoms with Gasteiger partial charge in [-0.3, -0.25) is 9.59 Å². The van der Waals surface area contributed by atoms with Crippen LogP contribution >= 0.6 is 0 Å². The molecule has 1 spiro atoms. The number of rotatable bonds is 5. The molecule has 214 valence electrons. The third kappa shape index (κ3) is 3.71. The third-order valence-corrected chi connectivity index (χ3v) is 8.30. The highest BCUT2D eigenvalue weighted by Gasteiger charge is 2.64. The number of carbonyl (C=O) groups is 3. The second-order valence-electron chi connectivity index (χ2n) is 10.4. The van der Waals surface area contributed by atoms with Gasteiger partial charge in [-0.2, -0.15) is 0 Å². The molecule has 1 aromatic rings. The number of esters is 2. The molecule has 1 N–H and O–H groups in total. The standard InChI is InChI=1S/C29H32O11/c1-8-13(2)27(32)40-26-17-10-18(34-6)23(35-7)25(31)29(17)11-36-24-20(29)16(9-19-22(24)38-12-37-19)21(39-15(4)30)14(3)28(26,5)33/h8-10,14,21,26,33H,11-12H2,1-7H3/b13-8-/t14-,21+,26-,28-,29?/m0/s1. The number of carbonyl (C=O) groups excluding carboxylic acids is 3. The van der Waals surface area contributed by atoms with Gasteiger partial charge in [-0.25, -0.2) is 4.79 Å². The Bertz CT molecular complexity index is 1400. The highest BCUT2D eigenvalue weighted by molar-refractivity contribution is 6.09. The van der Waals surface area contributed by atoms with E-state index in [1.165, 1.54) is 28.1 Å². The second kappa shape index (κ2) is 9.58. The van der Waals surface area contributed by atoms with E-state index in [9.17, 15) is 19.5 Å². The summed E-state index contributed by atoms with van der Waals surface area (Å²) in [6.45, 7) is 7.35. The first-order chi connectivity index (χ1) is 18.9. The lowest BCUT2D eigenvalue weighted by molar-refractivity contribution is -0.177. The molecule has 0 saturated carbocycles. The van der Waals surface area contributed by atoms with E-state index in [0.29, 0.717) is 28.2 Å². The number of Topliss-reactive ketones (excluding diaryl/α,β-unsaturated/α-hetero) is 1. The van der Waals surface area contributed by atoms with Gasteiger partial charge in [0.05, 0.1) is 14.2 Å². The molecule has 1 aromatic carbocycles. The summed E-state index contributed by atoms with van der Waals surface area (Å²) >= 11 is 0. The Morgan fingerprint density at radius 3 is 2.45 bits per heavy atom. The molecule has 5 atom stereocenters. The molecule has 0 radical (unpaired) electrons. The van der Waals surface area contributed by atoms with Crippen molar-refractivity contribution in [2.24, 2.45) is 5.92 Å². The summed E-state index contributed by atoms with van der Waals surface area (Å²) in [6, 6.07) is 1.64. The van der Waals surface area contributed by atoms with Crippen LogP contribution in [0.1, 0.15) is 51.8 Å². The number of ketones is 1. The van der Waals surface area contributed by atoms with Gasteiger partial charge in [0.15, 0.2) is 23.4 Å². The van der Waals surface area contributed by atoms with Crippen LogP contribution in [0.5, 0.6) is 17.2 Å². The lowest BCUT2D eigenvalue weighted by Crippen LogP contribution is -2.58. The van der Waals surface area contributed by atoms with E-state index in [2.05, 4.69) is 0 Å². The monoisotopic (exact) mass is 556 g/mol. The summed E-state index contributed by atoms with van der Waals surface area (Å²) in [6.07, 6.45) is 0.635. The number of benzene rings is 1. The molecule has 40 heavy (non-hydrogen) atoms. The minimum Gasteiger partial charge on any atom is -0.493 e. The van der Waals surface area contributed by atoms with Gasteiger partial charge in [0.1, 0.15) is 23.7 Å².